The van der Waals surface area contributed by atoms with E-state index in [1.165, 1.54) is 64.2 Å². The highest BCUT2D eigenvalue weighted by molar-refractivity contribution is 5.74. The molecule has 0 spiro atoms. The molecule has 2 amide bonds. The number of nitrogens with one attached hydrogen (secondary N) is 1. The zero-order valence-corrected chi connectivity index (χ0v) is 22.8. The highest BCUT2D eigenvalue weighted by atomic mass is 16.5. The summed E-state index contributed by atoms with van der Waals surface area (Å²) in [7, 11) is 0. The number of carbonyl (C=O) groups excluding carboxylic acids is 1. The molecule has 208 valence electrons. The normalized spacial score (nSPS) is 17.8. The van der Waals surface area contributed by atoms with E-state index in [2.05, 4.69) is 5.32 Å². The summed E-state index contributed by atoms with van der Waals surface area (Å²) in [5.74, 6) is 0.647. The lowest BCUT2D eigenvalue weighted by Gasteiger charge is -2.29. The summed E-state index contributed by atoms with van der Waals surface area (Å²) in [5, 5.41) is 12.6. The molecule has 0 aliphatic heterocycles. The second kappa shape index (κ2) is 16.5. The summed E-state index contributed by atoms with van der Waals surface area (Å²) in [4.78, 5) is 26.4. The molecule has 37 heavy (non-hydrogen) atoms. The quantitative estimate of drug-likeness (QED) is 0.271. The summed E-state index contributed by atoms with van der Waals surface area (Å²) in [6.45, 7) is 3.90. The number of unbranched alkanes of at least 4 members (excludes halogenated alkanes) is 1. The number of carbonyl (C=O) groups is 2. The fourth-order valence-corrected chi connectivity index (χ4v) is 5.67. The molecule has 2 fully saturated rings. The average Bonchev–Trinajstić information content (AvgIpc) is 2.91. The van der Waals surface area contributed by atoms with Gasteiger partial charge in [0.1, 0.15) is 12.4 Å². The van der Waals surface area contributed by atoms with Gasteiger partial charge in [-0.2, -0.15) is 0 Å². The van der Waals surface area contributed by atoms with Crippen molar-refractivity contribution in [2.75, 3.05) is 26.3 Å². The van der Waals surface area contributed by atoms with E-state index in [0.29, 0.717) is 32.2 Å². The molecule has 7 heteroatoms. The largest absolute Gasteiger partial charge is 0.492 e. The molecule has 1 aromatic rings. The van der Waals surface area contributed by atoms with Crippen LogP contribution in [-0.2, 0) is 16.0 Å². The molecule has 3 rings (SSSR count). The number of hydrogen-bond acceptors (Lipinski definition) is 4. The number of carboxylic acids is 1. The predicted octanol–water partition coefficient (Wildman–Crippen LogP) is 6.19. The number of amides is 2. The second-order valence-electron chi connectivity index (χ2n) is 10.8. The minimum Gasteiger partial charge on any atom is -0.492 e. The van der Waals surface area contributed by atoms with Crippen LogP contribution in [-0.4, -0.2) is 60.5 Å². The summed E-state index contributed by atoms with van der Waals surface area (Å²) < 4.78 is 11.3. The van der Waals surface area contributed by atoms with Crippen LogP contribution in [0.4, 0.5) is 4.79 Å². The lowest BCUT2D eigenvalue weighted by Crippen LogP contribution is -2.47. The lowest BCUT2D eigenvalue weighted by atomic mass is 9.86. The van der Waals surface area contributed by atoms with Crippen molar-refractivity contribution in [3.05, 3.63) is 29.8 Å². The maximum atomic E-state index is 13.1. The first-order valence-corrected chi connectivity index (χ1v) is 14.7. The maximum Gasteiger partial charge on any atom is 0.333 e. The Bertz CT molecular complexity index is 788. The average molecular weight is 517 g/mol. The van der Waals surface area contributed by atoms with Crippen molar-refractivity contribution in [1.29, 1.82) is 0 Å². The monoisotopic (exact) mass is 516 g/mol. The van der Waals surface area contributed by atoms with Crippen LogP contribution in [0.5, 0.6) is 5.75 Å². The molecule has 1 atom stereocenters. The third-order valence-electron chi connectivity index (χ3n) is 7.85. The van der Waals surface area contributed by atoms with Crippen LogP contribution in [0.3, 0.4) is 0 Å². The van der Waals surface area contributed by atoms with Gasteiger partial charge >= 0.3 is 12.0 Å². The second-order valence-corrected chi connectivity index (χ2v) is 10.8. The van der Waals surface area contributed by atoms with Crippen LogP contribution < -0.4 is 10.1 Å². The molecular weight excluding hydrogens is 468 g/mol. The van der Waals surface area contributed by atoms with Crippen molar-refractivity contribution in [1.82, 2.24) is 10.2 Å². The van der Waals surface area contributed by atoms with Gasteiger partial charge in [-0.1, -0.05) is 76.3 Å². The van der Waals surface area contributed by atoms with Crippen molar-refractivity contribution in [3.63, 3.8) is 0 Å². The van der Waals surface area contributed by atoms with Gasteiger partial charge in [-0.05, 0) is 49.8 Å². The van der Waals surface area contributed by atoms with E-state index in [-0.39, 0.29) is 6.03 Å². The molecule has 0 aromatic heterocycles. The van der Waals surface area contributed by atoms with Gasteiger partial charge in [0.15, 0.2) is 6.10 Å². The van der Waals surface area contributed by atoms with Crippen LogP contribution in [0.25, 0.3) is 0 Å². The zero-order valence-electron chi connectivity index (χ0n) is 22.8. The fourth-order valence-electron chi connectivity index (χ4n) is 5.67. The topological polar surface area (TPSA) is 88.1 Å². The molecule has 0 radical (unpaired) electrons. The first kappa shape index (κ1) is 29.3. The molecule has 2 N–H and O–H groups in total. The Kier molecular flexibility index (Phi) is 13.1. The van der Waals surface area contributed by atoms with E-state index >= 15 is 0 Å². The molecule has 0 heterocycles. The van der Waals surface area contributed by atoms with Gasteiger partial charge in [-0.3, -0.25) is 0 Å². The molecule has 0 bridgehead atoms. The van der Waals surface area contributed by atoms with E-state index < -0.39 is 12.1 Å². The standard InChI is InChI=1S/C30H48N2O5/c1-2-36-28(29(33)34)23-25-16-18-27(19-17-25)37-22-21-32(30(35)31-26-14-7-4-8-15-26)20-10-9-13-24-11-5-3-6-12-24/h16-19,24,26,28H,2-15,20-23H2,1H3,(H,31,35)(H,33,34). The molecule has 1 aromatic carbocycles. The summed E-state index contributed by atoms with van der Waals surface area (Å²) >= 11 is 0. The molecule has 1 unspecified atom stereocenters. The highest BCUT2D eigenvalue weighted by Gasteiger charge is 2.21. The van der Waals surface area contributed by atoms with Crippen LogP contribution in [0.1, 0.15) is 96.0 Å². The Balaban J connectivity index is 1.46. The molecule has 0 saturated heterocycles. The Hall–Kier alpha value is -2.28. The molecule has 2 saturated carbocycles. The van der Waals surface area contributed by atoms with Crippen LogP contribution in [0.2, 0.25) is 0 Å². The Morgan fingerprint density at radius 2 is 1.65 bits per heavy atom. The van der Waals surface area contributed by atoms with Crippen molar-refractivity contribution in [2.24, 2.45) is 5.92 Å². The number of hydrogen-bond donors (Lipinski definition) is 2. The summed E-state index contributed by atoms with van der Waals surface area (Å²) in [5.41, 5.74) is 0.889. The Labute approximate surface area is 223 Å². The van der Waals surface area contributed by atoms with E-state index in [1.54, 1.807) is 6.92 Å². The van der Waals surface area contributed by atoms with Crippen LogP contribution in [0, 0.1) is 5.92 Å². The number of nitrogens with zero attached hydrogens (tertiary/aromatic N) is 1. The minimum absolute atomic E-state index is 0.0409. The van der Waals surface area contributed by atoms with Gasteiger partial charge in [-0.15, -0.1) is 0 Å². The molecule has 2 aliphatic rings. The van der Waals surface area contributed by atoms with Crippen molar-refractivity contribution >= 4 is 12.0 Å². The third-order valence-corrected chi connectivity index (χ3v) is 7.85. The predicted molar refractivity (Wildman–Crippen MR) is 146 cm³/mol. The van der Waals surface area contributed by atoms with Gasteiger partial charge in [0.25, 0.3) is 0 Å². The number of aliphatic carboxylic acids is 1. The minimum atomic E-state index is -0.951. The van der Waals surface area contributed by atoms with Gasteiger partial charge in [0.05, 0.1) is 6.54 Å². The van der Waals surface area contributed by atoms with E-state index in [9.17, 15) is 14.7 Å². The van der Waals surface area contributed by atoms with E-state index in [4.69, 9.17) is 9.47 Å². The van der Waals surface area contributed by atoms with E-state index in [1.807, 2.05) is 29.2 Å². The Morgan fingerprint density at radius 1 is 0.973 bits per heavy atom. The number of rotatable bonds is 15. The highest BCUT2D eigenvalue weighted by Crippen LogP contribution is 2.27. The van der Waals surface area contributed by atoms with Gasteiger partial charge < -0.3 is 24.8 Å². The molecular formula is C30H48N2O5. The van der Waals surface area contributed by atoms with Crippen LogP contribution >= 0.6 is 0 Å². The van der Waals surface area contributed by atoms with Crippen molar-refractivity contribution in [2.45, 2.75) is 109 Å². The Morgan fingerprint density at radius 3 is 2.30 bits per heavy atom. The summed E-state index contributed by atoms with van der Waals surface area (Å²) in [6.07, 6.45) is 15.7. The van der Waals surface area contributed by atoms with Crippen LogP contribution in [0.15, 0.2) is 24.3 Å². The number of ether oxygens (including phenoxy) is 2. The zero-order chi connectivity index (χ0) is 26.3. The van der Waals surface area contributed by atoms with Gasteiger partial charge in [-0.25, -0.2) is 9.59 Å². The van der Waals surface area contributed by atoms with Gasteiger partial charge in [0, 0.05) is 25.6 Å². The first-order valence-electron chi connectivity index (χ1n) is 14.7. The number of urea groups is 1. The van der Waals surface area contributed by atoms with E-state index in [0.717, 1.165) is 43.0 Å². The SMILES string of the molecule is CCOC(Cc1ccc(OCCN(CCCCC2CCCCC2)C(=O)NC2CCCCC2)cc1)C(=O)O. The number of carboxylic acid groups (broad SMARTS) is 1. The summed E-state index contributed by atoms with van der Waals surface area (Å²) in [6, 6.07) is 7.81. The first-order chi connectivity index (χ1) is 18.0. The molecule has 7 nitrogen and oxygen atoms in total. The number of benzene rings is 1. The van der Waals surface area contributed by atoms with Crippen molar-refractivity contribution in [3.8, 4) is 5.75 Å². The fraction of sp³-hybridized carbons (Fsp3) is 0.733. The molecule has 2 aliphatic carbocycles. The smallest absolute Gasteiger partial charge is 0.333 e. The van der Waals surface area contributed by atoms with Gasteiger partial charge in [0.2, 0.25) is 0 Å². The maximum absolute atomic E-state index is 13.1. The third kappa shape index (κ3) is 10.9. The lowest BCUT2D eigenvalue weighted by molar-refractivity contribution is -0.149. The van der Waals surface area contributed by atoms with Crippen molar-refractivity contribution < 1.29 is 24.2 Å².